The fourth-order valence-corrected chi connectivity index (χ4v) is 3.50. The Bertz CT molecular complexity index is 1310. The van der Waals surface area contributed by atoms with Crippen LogP contribution in [-0.4, -0.2) is 24.9 Å². The van der Waals surface area contributed by atoms with Gasteiger partial charge in [0.1, 0.15) is 22.6 Å². The van der Waals surface area contributed by atoms with Gasteiger partial charge in [0, 0.05) is 13.1 Å². The molecule has 27 heavy (non-hydrogen) atoms. The summed E-state index contributed by atoms with van der Waals surface area (Å²) < 4.78 is 14.9. The van der Waals surface area contributed by atoms with E-state index in [1.165, 1.54) is 6.92 Å². The van der Waals surface area contributed by atoms with Gasteiger partial charge in [0.15, 0.2) is 11.4 Å². The molecule has 0 atom stereocenters. The predicted molar refractivity (Wildman–Crippen MR) is 99.8 cm³/mol. The fraction of sp³-hybridized carbons (Fsp3) is 0.150. The molecule has 0 saturated heterocycles. The summed E-state index contributed by atoms with van der Waals surface area (Å²) in [5.41, 5.74) is 3.24. The van der Waals surface area contributed by atoms with E-state index in [4.69, 9.17) is 19.1 Å². The molecule has 0 radical (unpaired) electrons. The third-order valence-electron chi connectivity index (χ3n) is 4.55. The Kier molecular flexibility index (Phi) is 3.30. The lowest BCUT2D eigenvalue weighted by Gasteiger charge is -2.05. The van der Waals surface area contributed by atoms with Crippen molar-refractivity contribution in [3.05, 3.63) is 60.4 Å². The van der Waals surface area contributed by atoms with Gasteiger partial charge < -0.3 is 13.7 Å². The number of hydrogen-bond acceptors (Lipinski definition) is 5. The van der Waals surface area contributed by atoms with Crippen LogP contribution in [0.15, 0.2) is 53.3 Å². The van der Waals surface area contributed by atoms with Crippen molar-refractivity contribution in [2.75, 3.05) is 0 Å². The van der Waals surface area contributed by atoms with E-state index in [0.29, 0.717) is 29.0 Å². The molecular weight excluding hydrogens is 344 g/mol. The van der Waals surface area contributed by atoms with Crippen LogP contribution in [0.4, 0.5) is 0 Å². The highest BCUT2D eigenvalue weighted by Gasteiger charge is 2.21. The molecule has 4 heterocycles. The third kappa shape index (κ3) is 2.39. The van der Waals surface area contributed by atoms with Crippen molar-refractivity contribution in [2.24, 2.45) is 0 Å². The Labute approximate surface area is 153 Å². The number of furan rings is 1. The highest BCUT2D eigenvalue weighted by molar-refractivity contribution is 6.00. The van der Waals surface area contributed by atoms with E-state index in [1.54, 1.807) is 12.5 Å². The second-order valence-electron chi connectivity index (χ2n) is 6.41. The molecule has 0 amide bonds. The van der Waals surface area contributed by atoms with Gasteiger partial charge in [-0.2, -0.15) is 0 Å². The van der Waals surface area contributed by atoms with E-state index in [9.17, 15) is 4.79 Å². The molecule has 7 heteroatoms. The summed E-state index contributed by atoms with van der Waals surface area (Å²) in [6.07, 6.45) is 3.41. The average Bonchev–Trinajstić information content (AvgIpc) is 3.33. The molecule has 7 nitrogen and oxygen atoms in total. The van der Waals surface area contributed by atoms with E-state index in [0.717, 1.165) is 22.6 Å². The molecule has 0 saturated carbocycles. The van der Waals surface area contributed by atoms with Gasteiger partial charge in [-0.25, -0.2) is 9.97 Å². The first kappa shape index (κ1) is 15.6. The van der Waals surface area contributed by atoms with Crippen molar-refractivity contribution >= 4 is 33.7 Å². The number of ether oxygens (including phenoxy) is 1. The molecule has 0 unspecified atom stereocenters. The highest BCUT2D eigenvalue weighted by Crippen LogP contribution is 2.33. The molecule has 134 valence electrons. The number of carbonyl (C=O) groups is 1. The van der Waals surface area contributed by atoms with Crippen molar-refractivity contribution in [1.82, 2.24) is 18.9 Å². The summed E-state index contributed by atoms with van der Waals surface area (Å²) in [6, 6.07) is 11.6. The predicted octanol–water partition coefficient (Wildman–Crippen LogP) is 3.71. The zero-order chi connectivity index (χ0) is 18.5. The van der Waals surface area contributed by atoms with Crippen LogP contribution >= 0.6 is 0 Å². The second kappa shape index (κ2) is 5.70. The molecule has 5 aromatic rings. The number of imidazole rings is 1. The quantitative estimate of drug-likeness (QED) is 0.459. The van der Waals surface area contributed by atoms with Crippen LogP contribution in [-0.2, 0) is 11.3 Å². The van der Waals surface area contributed by atoms with E-state index in [2.05, 4.69) is 0 Å². The molecule has 0 aliphatic rings. The van der Waals surface area contributed by atoms with Crippen LogP contribution < -0.4 is 4.74 Å². The maximum atomic E-state index is 11.7. The summed E-state index contributed by atoms with van der Waals surface area (Å²) in [6.45, 7) is 3.81. The number of aromatic nitrogens is 4. The first-order chi connectivity index (χ1) is 13.1. The average molecular weight is 360 g/mol. The van der Waals surface area contributed by atoms with Gasteiger partial charge in [-0.1, -0.05) is 12.1 Å². The van der Waals surface area contributed by atoms with Crippen molar-refractivity contribution in [3.8, 4) is 5.75 Å². The van der Waals surface area contributed by atoms with Crippen molar-refractivity contribution in [1.29, 1.82) is 0 Å². The van der Waals surface area contributed by atoms with Gasteiger partial charge in [-0.15, -0.1) is 0 Å². The number of aryl methyl sites for hydroxylation is 1. The van der Waals surface area contributed by atoms with Crippen LogP contribution in [0.25, 0.3) is 27.7 Å². The Hall–Kier alpha value is -3.61. The lowest BCUT2D eigenvalue weighted by atomic mass is 10.3. The number of benzene rings is 1. The number of carbonyl (C=O) groups excluding carboxylic acids is 1. The molecule has 5 rings (SSSR count). The minimum absolute atomic E-state index is 0.387. The van der Waals surface area contributed by atoms with Crippen LogP contribution in [0.3, 0.4) is 0 Å². The van der Waals surface area contributed by atoms with Gasteiger partial charge in [-0.3, -0.25) is 9.20 Å². The summed E-state index contributed by atoms with van der Waals surface area (Å²) in [5.74, 6) is 1.65. The zero-order valence-electron chi connectivity index (χ0n) is 14.8. The van der Waals surface area contributed by atoms with Crippen molar-refractivity contribution in [3.63, 3.8) is 0 Å². The van der Waals surface area contributed by atoms with Crippen LogP contribution in [0.5, 0.6) is 5.75 Å². The highest BCUT2D eigenvalue weighted by atomic mass is 16.5. The maximum absolute atomic E-state index is 11.7. The van der Waals surface area contributed by atoms with E-state index >= 15 is 0 Å². The SMILES string of the molecule is CC(=O)Oc1cn(Cc2ccco2)c2nc(C)n3c4ccccc4nc3c12. The minimum Gasteiger partial charge on any atom is -0.467 e. The molecule has 4 aromatic heterocycles. The number of fused-ring (bicyclic) bond motifs is 5. The number of para-hydroxylation sites is 2. The van der Waals surface area contributed by atoms with Gasteiger partial charge in [-0.05, 0) is 31.2 Å². The first-order valence-corrected chi connectivity index (χ1v) is 8.59. The van der Waals surface area contributed by atoms with Gasteiger partial charge >= 0.3 is 5.97 Å². The molecule has 0 aliphatic carbocycles. The number of hydrogen-bond donors (Lipinski definition) is 0. The van der Waals surface area contributed by atoms with E-state index in [1.807, 2.05) is 52.3 Å². The van der Waals surface area contributed by atoms with Gasteiger partial charge in [0.05, 0.1) is 23.8 Å². The number of nitrogens with zero attached hydrogens (tertiary/aromatic N) is 4. The Morgan fingerprint density at radius 3 is 2.78 bits per heavy atom. The molecule has 1 aromatic carbocycles. The lowest BCUT2D eigenvalue weighted by Crippen LogP contribution is -2.02. The summed E-state index contributed by atoms with van der Waals surface area (Å²) >= 11 is 0. The monoisotopic (exact) mass is 360 g/mol. The zero-order valence-corrected chi connectivity index (χ0v) is 14.8. The lowest BCUT2D eigenvalue weighted by molar-refractivity contribution is -0.131. The largest absolute Gasteiger partial charge is 0.467 e. The summed E-state index contributed by atoms with van der Waals surface area (Å²) in [4.78, 5) is 21.2. The Morgan fingerprint density at radius 2 is 2.00 bits per heavy atom. The second-order valence-corrected chi connectivity index (χ2v) is 6.41. The Balaban J connectivity index is 1.86. The topological polar surface area (TPSA) is 74.6 Å². The van der Waals surface area contributed by atoms with Gasteiger partial charge in [0.25, 0.3) is 0 Å². The molecule has 0 aliphatic heterocycles. The maximum Gasteiger partial charge on any atom is 0.308 e. The summed E-state index contributed by atoms with van der Waals surface area (Å²) in [7, 11) is 0. The molecule has 0 N–H and O–H groups in total. The molecular formula is C20H16N4O3. The first-order valence-electron chi connectivity index (χ1n) is 8.59. The van der Waals surface area contributed by atoms with E-state index < -0.39 is 0 Å². The normalized spacial score (nSPS) is 11.6. The van der Waals surface area contributed by atoms with Gasteiger partial charge in [0.2, 0.25) is 0 Å². The Morgan fingerprint density at radius 1 is 1.15 bits per heavy atom. The van der Waals surface area contributed by atoms with E-state index in [-0.39, 0.29) is 5.97 Å². The molecule has 0 spiro atoms. The number of esters is 1. The smallest absolute Gasteiger partial charge is 0.308 e. The fourth-order valence-electron chi connectivity index (χ4n) is 3.50. The minimum atomic E-state index is -0.387. The van der Waals surface area contributed by atoms with Crippen molar-refractivity contribution < 1.29 is 13.9 Å². The number of rotatable bonds is 3. The van der Waals surface area contributed by atoms with Crippen LogP contribution in [0.1, 0.15) is 18.5 Å². The van der Waals surface area contributed by atoms with Crippen LogP contribution in [0, 0.1) is 6.92 Å². The standard InChI is InChI=1S/C20H16N4O3/c1-12-21-19-18(20-22-15-7-3-4-8-16(15)24(12)20)17(27-13(2)25)11-23(19)10-14-6-5-9-26-14/h3-9,11H,10H2,1-2H3. The summed E-state index contributed by atoms with van der Waals surface area (Å²) in [5, 5.41) is 0.707. The molecule has 0 bridgehead atoms. The molecule has 0 fully saturated rings. The third-order valence-corrected chi connectivity index (χ3v) is 4.55. The van der Waals surface area contributed by atoms with Crippen molar-refractivity contribution in [2.45, 2.75) is 20.4 Å². The van der Waals surface area contributed by atoms with Crippen LogP contribution in [0.2, 0.25) is 0 Å².